The van der Waals surface area contributed by atoms with E-state index in [0.717, 1.165) is 19.5 Å². The monoisotopic (exact) mass is 244 g/mol. The molecule has 0 fully saturated rings. The molecule has 0 bridgehead atoms. The van der Waals surface area contributed by atoms with Crippen molar-refractivity contribution in [2.24, 2.45) is 0 Å². The van der Waals surface area contributed by atoms with Gasteiger partial charge in [-0.15, -0.1) is 0 Å². The summed E-state index contributed by atoms with van der Waals surface area (Å²) in [5.74, 6) is -0.765. The third-order valence-corrected chi connectivity index (χ3v) is 3.28. The van der Waals surface area contributed by atoms with Crippen LogP contribution in [0.25, 0.3) is 0 Å². The number of nitrogens with zero attached hydrogens (tertiary/aromatic N) is 1. The van der Waals surface area contributed by atoms with Gasteiger partial charge >= 0.3 is 5.97 Å². The molecule has 0 aliphatic carbocycles. The molecule has 0 aromatic heterocycles. The fourth-order valence-corrected chi connectivity index (χ4v) is 2.32. The minimum Gasteiger partial charge on any atom is -0.480 e. The second kappa shape index (κ2) is 7.67. The predicted octanol–water partition coefficient (Wildman–Crippen LogP) is 1.95. The van der Waals surface area contributed by atoms with Crippen molar-refractivity contribution in [2.45, 2.75) is 59.0 Å². The Morgan fingerprint density at radius 2 is 2.00 bits per heavy atom. The van der Waals surface area contributed by atoms with Gasteiger partial charge in [-0.05, 0) is 46.3 Å². The summed E-state index contributed by atoms with van der Waals surface area (Å²) >= 11 is 0. The first-order chi connectivity index (χ1) is 7.91. The summed E-state index contributed by atoms with van der Waals surface area (Å²) in [6, 6.07) is 0.278. The van der Waals surface area contributed by atoms with Crippen LogP contribution in [0.5, 0.6) is 0 Å². The number of hydrogen-bond donors (Lipinski definition) is 2. The summed E-state index contributed by atoms with van der Waals surface area (Å²) in [6.45, 7) is 12.8. The molecule has 0 radical (unpaired) electrons. The first-order valence-corrected chi connectivity index (χ1v) is 6.63. The average Bonchev–Trinajstić information content (AvgIpc) is 2.25. The summed E-state index contributed by atoms with van der Waals surface area (Å²) in [4.78, 5) is 13.7. The van der Waals surface area contributed by atoms with Gasteiger partial charge in [0.05, 0.1) is 0 Å². The quantitative estimate of drug-likeness (QED) is 0.651. The maximum absolute atomic E-state index is 11.3. The number of likely N-dealkylation sites (N-methyl/N-ethyl adjacent to an activating group) is 1. The van der Waals surface area contributed by atoms with Gasteiger partial charge in [0.15, 0.2) is 0 Å². The second-order valence-electron chi connectivity index (χ2n) is 4.85. The first-order valence-electron chi connectivity index (χ1n) is 6.63. The number of rotatable bonds is 9. The summed E-state index contributed by atoms with van der Waals surface area (Å²) in [5.41, 5.74) is -0.824. The fourth-order valence-electron chi connectivity index (χ4n) is 2.32. The third kappa shape index (κ3) is 5.04. The normalized spacial score (nSPS) is 16.8. The van der Waals surface area contributed by atoms with E-state index in [4.69, 9.17) is 0 Å². The Kier molecular flexibility index (Phi) is 7.39. The van der Waals surface area contributed by atoms with Gasteiger partial charge in [0.25, 0.3) is 0 Å². The largest absolute Gasteiger partial charge is 0.480 e. The van der Waals surface area contributed by atoms with Gasteiger partial charge in [0.1, 0.15) is 5.54 Å². The molecule has 102 valence electrons. The predicted molar refractivity (Wildman–Crippen MR) is 71.3 cm³/mol. The molecule has 2 atom stereocenters. The van der Waals surface area contributed by atoms with Crippen LogP contribution in [0, 0.1) is 0 Å². The summed E-state index contributed by atoms with van der Waals surface area (Å²) in [6.07, 6.45) is 1.73. The topological polar surface area (TPSA) is 52.6 Å². The van der Waals surface area contributed by atoms with Crippen LogP contribution >= 0.6 is 0 Å². The molecule has 0 aromatic rings. The van der Waals surface area contributed by atoms with Gasteiger partial charge in [-0.2, -0.15) is 0 Å². The third-order valence-electron chi connectivity index (χ3n) is 3.28. The van der Waals surface area contributed by atoms with Crippen LogP contribution in [0.4, 0.5) is 0 Å². The number of aliphatic carboxylic acids is 1. The summed E-state index contributed by atoms with van der Waals surface area (Å²) in [5, 5.41) is 12.4. The SMILES string of the molecule is CCCN(CC)C(C)CC(C)(NCC)C(=O)O. The molecule has 2 N–H and O–H groups in total. The van der Waals surface area contributed by atoms with E-state index in [1.807, 2.05) is 6.92 Å². The van der Waals surface area contributed by atoms with E-state index in [9.17, 15) is 9.90 Å². The Morgan fingerprint density at radius 3 is 2.35 bits per heavy atom. The zero-order valence-electron chi connectivity index (χ0n) is 11.9. The zero-order valence-corrected chi connectivity index (χ0v) is 11.9. The van der Waals surface area contributed by atoms with E-state index in [0.29, 0.717) is 13.0 Å². The standard InChI is InChI=1S/C13H28N2O2/c1-6-9-15(8-3)11(4)10-13(5,12(16)17)14-7-2/h11,14H,6-10H2,1-5H3,(H,16,17). The van der Waals surface area contributed by atoms with Gasteiger partial charge < -0.3 is 15.3 Å². The molecule has 0 aliphatic rings. The molecule has 0 saturated carbocycles. The lowest BCUT2D eigenvalue weighted by atomic mass is 9.92. The average molecular weight is 244 g/mol. The van der Waals surface area contributed by atoms with E-state index < -0.39 is 11.5 Å². The molecule has 0 aromatic carbocycles. The lowest BCUT2D eigenvalue weighted by molar-refractivity contribution is -0.145. The van der Waals surface area contributed by atoms with Crippen molar-refractivity contribution in [1.29, 1.82) is 0 Å². The number of carboxylic acids is 1. The Bertz CT molecular complexity index is 233. The number of hydrogen-bond acceptors (Lipinski definition) is 3. The van der Waals surface area contributed by atoms with Crippen molar-refractivity contribution in [1.82, 2.24) is 10.2 Å². The minimum absolute atomic E-state index is 0.278. The highest BCUT2D eigenvalue weighted by Crippen LogP contribution is 2.17. The maximum atomic E-state index is 11.3. The molecule has 0 amide bonds. The Hall–Kier alpha value is -0.610. The van der Waals surface area contributed by atoms with Crippen LogP contribution in [0.3, 0.4) is 0 Å². The molecule has 4 heteroatoms. The van der Waals surface area contributed by atoms with Crippen molar-refractivity contribution >= 4 is 5.97 Å². The molecule has 0 heterocycles. The Morgan fingerprint density at radius 1 is 1.41 bits per heavy atom. The van der Waals surface area contributed by atoms with Crippen molar-refractivity contribution in [3.63, 3.8) is 0 Å². The molecule has 0 rings (SSSR count). The van der Waals surface area contributed by atoms with Crippen LogP contribution in [0.2, 0.25) is 0 Å². The van der Waals surface area contributed by atoms with Crippen LogP contribution in [0.1, 0.15) is 47.5 Å². The van der Waals surface area contributed by atoms with Gasteiger partial charge in [0, 0.05) is 6.04 Å². The smallest absolute Gasteiger partial charge is 0.323 e. The van der Waals surface area contributed by atoms with E-state index in [2.05, 4.69) is 31.0 Å². The lowest BCUT2D eigenvalue weighted by Crippen LogP contribution is -2.53. The number of carbonyl (C=O) groups is 1. The van der Waals surface area contributed by atoms with Gasteiger partial charge in [-0.3, -0.25) is 4.79 Å². The molecular formula is C13H28N2O2. The highest BCUT2D eigenvalue weighted by Gasteiger charge is 2.34. The highest BCUT2D eigenvalue weighted by atomic mass is 16.4. The van der Waals surface area contributed by atoms with Gasteiger partial charge in [0.2, 0.25) is 0 Å². The molecule has 2 unspecified atom stereocenters. The van der Waals surface area contributed by atoms with E-state index >= 15 is 0 Å². The van der Waals surface area contributed by atoms with E-state index in [1.54, 1.807) is 6.92 Å². The maximum Gasteiger partial charge on any atom is 0.323 e. The van der Waals surface area contributed by atoms with Crippen LogP contribution in [-0.4, -0.2) is 47.2 Å². The van der Waals surface area contributed by atoms with E-state index in [1.165, 1.54) is 0 Å². The molecule has 0 spiro atoms. The van der Waals surface area contributed by atoms with E-state index in [-0.39, 0.29) is 6.04 Å². The summed E-state index contributed by atoms with van der Waals surface area (Å²) in [7, 11) is 0. The van der Waals surface area contributed by atoms with Crippen LogP contribution < -0.4 is 5.32 Å². The van der Waals surface area contributed by atoms with Crippen molar-refractivity contribution in [3.05, 3.63) is 0 Å². The molecule has 17 heavy (non-hydrogen) atoms. The first kappa shape index (κ1) is 16.4. The Labute approximate surface area is 105 Å². The van der Waals surface area contributed by atoms with Crippen molar-refractivity contribution < 1.29 is 9.90 Å². The summed E-state index contributed by atoms with van der Waals surface area (Å²) < 4.78 is 0. The minimum atomic E-state index is -0.824. The molecular weight excluding hydrogens is 216 g/mol. The van der Waals surface area contributed by atoms with Crippen molar-refractivity contribution in [3.8, 4) is 0 Å². The zero-order chi connectivity index (χ0) is 13.5. The molecule has 0 saturated heterocycles. The van der Waals surface area contributed by atoms with Gasteiger partial charge in [-0.1, -0.05) is 20.8 Å². The molecule has 0 aliphatic heterocycles. The lowest BCUT2D eigenvalue weighted by Gasteiger charge is -2.34. The second-order valence-corrected chi connectivity index (χ2v) is 4.85. The van der Waals surface area contributed by atoms with Crippen LogP contribution in [-0.2, 0) is 4.79 Å². The number of nitrogens with one attached hydrogen (secondary N) is 1. The van der Waals surface area contributed by atoms with Crippen molar-refractivity contribution in [2.75, 3.05) is 19.6 Å². The number of carboxylic acid groups (broad SMARTS) is 1. The van der Waals surface area contributed by atoms with Gasteiger partial charge in [-0.25, -0.2) is 0 Å². The highest BCUT2D eigenvalue weighted by molar-refractivity contribution is 5.78. The molecule has 4 nitrogen and oxygen atoms in total. The van der Waals surface area contributed by atoms with Crippen LogP contribution in [0.15, 0.2) is 0 Å². The fraction of sp³-hybridized carbons (Fsp3) is 0.923. The Balaban J connectivity index is 4.58.